The first-order chi connectivity index (χ1) is 9.52. The summed E-state index contributed by atoms with van der Waals surface area (Å²) in [5.41, 5.74) is 6.75. The van der Waals surface area contributed by atoms with Gasteiger partial charge < -0.3 is 15.8 Å². The molecule has 0 bridgehead atoms. The maximum Gasteiger partial charge on any atom is 0.323 e. The smallest absolute Gasteiger partial charge is 0.323 e. The number of hydrogen-bond acceptors (Lipinski definition) is 6. The molecule has 1 aromatic carbocycles. The van der Waals surface area contributed by atoms with E-state index < -0.39 is 0 Å². The lowest BCUT2D eigenvalue weighted by Crippen LogP contribution is -2.12. The number of aromatic nitrogens is 3. The number of hydrogen-bond donors (Lipinski definition) is 2. The van der Waals surface area contributed by atoms with Gasteiger partial charge in [-0.1, -0.05) is 28.1 Å². The average molecular weight is 338 g/mol. The van der Waals surface area contributed by atoms with Gasteiger partial charge in [0.25, 0.3) is 0 Å². The van der Waals surface area contributed by atoms with Crippen LogP contribution in [-0.4, -0.2) is 21.1 Å². The van der Waals surface area contributed by atoms with E-state index in [1.165, 1.54) is 0 Å². The molecule has 0 fully saturated rings. The summed E-state index contributed by atoms with van der Waals surface area (Å²) >= 11 is 3.40. The predicted octanol–water partition coefficient (Wildman–Crippen LogP) is 2.62. The number of nitrogens with one attached hydrogen (secondary N) is 1. The van der Waals surface area contributed by atoms with Crippen LogP contribution in [0, 0.1) is 0 Å². The second kappa shape index (κ2) is 6.51. The monoisotopic (exact) mass is 337 g/mol. The van der Waals surface area contributed by atoms with E-state index in [1.54, 1.807) is 0 Å². The number of ether oxygens (including phenoxy) is 1. The summed E-state index contributed by atoms with van der Waals surface area (Å²) in [5.74, 6) is 0.532. The molecule has 0 atom stereocenters. The number of rotatable bonds is 5. The lowest BCUT2D eigenvalue weighted by atomic mass is 10.2. The molecule has 0 aliphatic heterocycles. The van der Waals surface area contributed by atoms with Gasteiger partial charge in [0.15, 0.2) is 0 Å². The highest BCUT2D eigenvalue weighted by molar-refractivity contribution is 9.10. The fraction of sp³-hybridized carbons (Fsp3) is 0.308. The predicted molar refractivity (Wildman–Crippen MR) is 81.5 cm³/mol. The van der Waals surface area contributed by atoms with Crippen molar-refractivity contribution in [3.05, 3.63) is 34.3 Å². The van der Waals surface area contributed by atoms with Gasteiger partial charge in [-0.25, -0.2) is 0 Å². The maximum absolute atomic E-state index is 5.64. The molecular formula is C13H16BrN5O. The van der Waals surface area contributed by atoms with Crippen molar-refractivity contribution in [3.63, 3.8) is 0 Å². The Labute approximate surface area is 125 Å². The summed E-state index contributed by atoms with van der Waals surface area (Å²) in [7, 11) is 0. The first-order valence-electron chi connectivity index (χ1n) is 6.19. The lowest BCUT2D eigenvalue weighted by Gasteiger charge is -2.10. The molecule has 1 heterocycles. The van der Waals surface area contributed by atoms with E-state index >= 15 is 0 Å². The second-order valence-corrected chi connectivity index (χ2v) is 5.36. The molecule has 0 saturated carbocycles. The van der Waals surface area contributed by atoms with Crippen LogP contribution in [-0.2, 0) is 6.54 Å². The molecule has 2 aromatic rings. The molecule has 2 rings (SSSR count). The Hall–Kier alpha value is -1.89. The molecule has 20 heavy (non-hydrogen) atoms. The summed E-state index contributed by atoms with van der Waals surface area (Å²) in [6.45, 7) is 4.39. The van der Waals surface area contributed by atoms with E-state index in [0.29, 0.717) is 12.5 Å². The summed E-state index contributed by atoms with van der Waals surface area (Å²) in [6.07, 6.45) is -0.0175. The first-order valence-corrected chi connectivity index (χ1v) is 6.99. The van der Waals surface area contributed by atoms with E-state index in [4.69, 9.17) is 10.5 Å². The Morgan fingerprint density at radius 1 is 1.20 bits per heavy atom. The highest BCUT2D eigenvalue weighted by Crippen LogP contribution is 2.13. The molecule has 7 heteroatoms. The molecule has 0 aliphatic carbocycles. The summed E-state index contributed by atoms with van der Waals surface area (Å²) in [4.78, 5) is 12.1. The van der Waals surface area contributed by atoms with Gasteiger partial charge in [-0.15, -0.1) is 0 Å². The van der Waals surface area contributed by atoms with Crippen LogP contribution in [0.15, 0.2) is 28.7 Å². The van der Waals surface area contributed by atoms with E-state index in [2.05, 4.69) is 36.2 Å². The van der Waals surface area contributed by atoms with Crippen molar-refractivity contribution >= 4 is 27.8 Å². The van der Waals surface area contributed by atoms with Gasteiger partial charge in [-0.2, -0.15) is 15.0 Å². The molecule has 0 aliphatic rings. The highest BCUT2D eigenvalue weighted by atomic mass is 79.9. The Morgan fingerprint density at radius 2 is 1.90 bits per heavy atom. The fourth-order valence-corrected chi connectivity index (χ4v) is 1.76. The number of nitrogens with two attached hydrogens (primary N) is 1. The minimum atomic E-state index is -0.0175. The van der Waals surface area contributed by atoms with Gasteiger partial charge in [0.2, 0.25) is 11.9 Å². The van der Waals surface area contributed by atoms with Gasteiger partial charge in [-0.3, -0.25) is 0 Å². The molecule has 6 nitrogen and oxygen atoms in total. The number of nitrogens with zero attached hydrogens (tertiary/aromatic N) is 3. The quantitative estimate of drug-likeness (QED) is 0.872. The molecule has 0 amide bonds. The van der Waals surface area contributed by atoms with Crippen LogP contribution < -0.4 is 15.8 Å². The van der Waals surface area contributed by atoms with Crippen LogP contribution >= 0.6 is 15.9 Å². The van der Waals surface area contributed by atoms with Gasteiger partial charge in [0.1, 0.15) is 0 Å². The van der Waals surface area contributed by atoms with Crippen molar-refractivity contribution in [1.29, 1.82) is 0 Å². The Morgan fingerprint density at radius 3 is 2.55 bits per heavy atom. The van der Waals surface area contributed by atoms with Crippen molar-refractivity contribution in [2.75, 3.05) is 11.1 Å². The van der Waals surface area contributed by atoms with Gasteiger partial charge in [-0.05, 0) is 31.5 Å². The van der Waals surface area contributed by atoms with Crippen LogP contribution in [0.2, 0.25) is 0 Å². The molecule has 1 aromatic heterocycles. The van der Waals surface area contributed by atoms with Crippen molar-refractivity contribution < 1.29 is 4.74 Å². The van der Waals surface area contributed by atoms with Crippen LogP contribution in [0.4, 0.5) is 11.9 Å². The zero-order valence-electron chi connectivity index (χ0n) is 11.3. The van der Waals surface area contributed by atoms with Crippen molar-refractivity contribution in [2.45, 2.75) is 26.5 Å². The van der Waals surface area contributed by atoms with Crippen LogP contribution in [0.5, 0.6) is 6.01 Å². The second-order valence-electron chi connectivity index (χ2n) is 4.45. The molecule has 0 unspecified atom stereocenters. The Bertz CT molecular complexity index is 573. The van der Waals surface area contributed by atoms with Crippen LogP contribution in [0.1, 0.15) is 19.4 Å². The third kappa shape index (κ3) is 4.34. The average Bonchev–Trinajstić information content (AvgIpc) is 2.36. The molecule has 3 N–H and O–H groups in total. The van der Waals surface area contributed by atoms with Crippen molar-refractivity contribution in [1.82, 2.24) is 15.0 Å². The number of benzene rings is 1. The molecule has 106 valence electrons. The standard InChI is InChI=1S/C13H16BrN5O/c1-8(2)20-13-18-11(15)17-12(19-13)16-7-9-3-5-10(14)6-4-9/h3-6,8H,7H2,1-2H3,(H3,15,16,17,18,19). The molecule has 0 spiro atoms. The number of halogens is 1. The Kier molecular flexibility index (Phi) is 4.73. The zero-order chi connectivity index (χ0) is 14.5. The zero-order valence-corrected chi connectivity index (χ0v) is 12.9. The first kappa shape index (κ1) is 14.5. The summed E-state index contributed by atoms with van der Waals surface area (Å²) < 4.78 is 6.46. The molecular weight excluding hydrogens is 322 g/mol. The maximum atomic E-state index is 5.64. The number of anilines is 2. The van der Waals surface area contributed by atoms with Gasteiger partial charge in [0, 0.05) is 11.0 Å². The summed E-state index contributed by atoms with van der Waals surface area (Å²) in [6, 6.07) is 8.20. The third-order valence-corrected chi connectivity index (χ3v) is 2.87. The van der Waals surface area contributed by atoms with E-state index in [-0.39, 0.29) is 18.1 Å². The Balaban J connectivity index is 2.05. The SMILES string of the molecule is CC(C)Oc1nc(N)nc(NCc2ccc(Br)cc2)n1. The molecule has 0 saturated heterocycles. The summed E-state index contributed by atoms with van der Waals surface area (Å²) in [5, 5.41) is 3.10. The highest BCUT2D eigenvalue weighted by Gasteiger charge is 2.07. The van der Waals surface area contributed by atoms with E-state index in [1.807, 2.05) is 38.1 Å². The van der Waals surface area contributed by atoms with Crippen LogP contribution in [0.25, 0.3) is 0 Å². The van der Waals surface area contributed by atoms with Gasteiger partial charge >= 0.3 is 6.01 Å². The minimum Gasteiger partial charge on any atom is -0.461 e. The van der Waals surface area contributed by atoms with Gasteiger partial charge in [0.05, 0.1) is 6.10 Å². The van der Waals surface area contributed by atoms with Crippen molar-refractivity contribution in [2.24, 2.45) is 0 Å². The lowest BCUT2D eigenvalue weighted by molar-refractivity contribution is 0.222. The van der Waals surface area contributed by atoms with E-state index in [9.17, 15) is 0 Å². The van der Waals surface area contributed by atoms with E-state index in [0.717, 1.165) is 10.0 Å². The topological polar surface area (TPSA) is 86.0 Å². The van der Waals surface area contributed by atoms with Crippen molar-refractivity contribution in [3.8, 4) is 6.01 Å². The van der Waals surface area contributed by atoms with Crippen LogP contribution in [0.3, 0.4) is 0 Å². The minimum absolute atomic E-state index is 0.0175. The molecule has 0 radical (unpaired) electrons. The fourth-order valence-electron chi connectivity index (χ4n) is 1.50. The normalized spacial score (nSPS) is 10.6. The number of nitrogen functional groups attached to an aromatic ring is 1. The third-order valence-electron chi connectivity index (χ3n) is 2.34. The largest absolute Gasteiger partial charge is 0.461 e.